The average molecular weight is 381 g/mol. The number of unbranched alkanes of at least 4 members (excludes halogenated alkanes) is 1. The van der Waals surface area contributed by atoms with E-state index < -0.39 is 6.29 Å². The van der Waals surface area contributed by atoms with Gasteiger partial charge in [0.15, 0.2) is 12.6 Å². The van der Waals surface area contributed by atoms with Crippen molar-refractivity contribution in [2.45, 2.75) is 104 Å². The fourth-order valence-electron chi connectivity index (χ4n) is 5.22. The summed E-state index contributed by atoms with van der Waals surface area (Å²) in [5.41, 5.74) is 0.179. The second-order valence-electron chi connectivity index (χ2n) is 9.67. The van der Waals surface area contributed by atoms with E-state index in [1.807, 2.05) is 0 Å². The van der Waals surface area contributed by atoms with Crippen LogP contribution in [0.2, 0.25) is 0 Å². The van der Waals surface area contributed by atoms with Crippen molar-refractivity contribution in [2.75, 3.05) is 6.61 Å². The van der Waals surface area contributed by atoms with Crippen LogP contribution in [0.3, 0.4) is 0 Å². The Labute approximate surface area is 165 Å². The lowest BCUT2D eigenvalue weighted by Gasteiger charge is -2.34. The van der Waals surface area contributed by atoms with Crippen molar-refractivity contribution >= 4 is 0 Å². The number of rotatable bonds is 8. The van der Waals surface area contributed by atoms with E-state index in [0.717, 1.165) is 32.3 Å². The van der Waals surface area contributed by atoms with Gasteiger partial charge in [-0.15, -0.1) is 0 Å². The Balaban J connectivity index is 1.74. The molecule has 0 radical (unpaired) electrons. The summed E-state index contributed by atoms with van der Waals surface area (Å²) in [7, 11) is 0. The molecule has 1 N–H and O–H groups in total. The summed E-state index contributed by atoms with van der Waals surface area (Å²) in [6, 6.07) is 0. The molecule has 0 bridgehead atoms. The first-order valence-electron chi connectivity index (χ1n) is 11.2. The van der Waals surface area contributed by atoms with Crippen LogP contribution in [0.25, 0.3) is 0 Å². The summed E-state index contributed by atoms with van der Waals surface area (Å²) in [5.74, 6) is 1.30. The van der Waals surface area contributed by atoms with Gasteiger partial charge in [0.1, 0.15) is 0 Å². The van der Waals surface area contributed by atoms with E-state index in [4.69, 9.17) is 14.2 Å². The van der Waals surface area contributed by atoms with Crippen molar-refractivity contribution in [1.29, 1.82) is 0 Å². The monoisotopic (exact) mass is 380 g/mol. The maximum absolute atomic E-state index is 9.99. The molecule has 7 atom stereocenters. The van der Waals surface area contributed by atoms with Gasteiger partial charge in [-0.2, -0.15) is 0 Å². The zero-order valence-corrected chi connectivity index (χ0v) is 17.7. The Bertz CT molecular complexity index is 483. The molecule has 2 heterocycles. The van der Waals surface area contributed by atoms with Gasteiger partial charge in [0, 0.05) is 13.0 Å². The van der Waals surface area contributed by atoms with Crippen LogP contribution in [-0.4, -0.2) is 36.5 Å². The van der Waals surface area contributed by atoms with E-state index in [1.165, 1.54) is 25.7 Å². The number of hydrogen-bond acceptors (Lipinski definition) is 4. The highest BCUT2D eigenvalue weighted by Crippen LogP contribution is 2.48. The first-order chi connectivity index (χ1) is 12.9. The Morgan fingerprint density at radius 1 is 1.26 bits per heavy atom. The second-order valence-corrected chi connectivity index (χ2v) is 9.67. The van der Waals surface area contributed by atoms with Gasteiger partial charge in [-0.05, 0) is 55.3 Å². The van der Waals surface area contributed by atoms with E-state index in [0.29, 0.717) is 17.8 Å². The summed E-state index contributed by atoms with van der Waals surface area (Å²) in [6.45, 7) is 10.00. The SMILES string of the molecule is CCCCC(C)(C)/C=C/[C@H](OC1CCCCO1)[C@@H]1[C@H]2CC(O)O[C@H]2C[C@H]1C. The van der Waals surface area contributed by atoms with Gasteiger partial charge in [-0.3, -0.25) is 0 Å². The third-order valence-electron chi connectivity index (χ3n) is 6.78. The molecule has 1 aliphatic carbocycles. The molecule has 3 fully saturated rings. The normalized spacial score (nSPS) is 38.4. The lowest BCUT2D eigenvalue weighted by Crippen LogP contribution is -2.36. The lowest BCUT2D eigenvalue weighted by molar-refractivity contribution is -0.192. The maximum Gasteiger partial charge on any atom is 0.158 e. The molecule has 0 aromatic carbocycles. The number of fused-ring (bicyclic) bond motifs is 1. The fourth-order valence-corrected chi connectivity index (χ4v) is 5.22. The third kappa shape index (κ3) is 5.56. The van der Waals surface area contributed by atoms with Crippen molar-refractivity contribution < 1.29 is 19.3 Å². The molecule has 0 aromatic heterocycles. The molecule has 0 spiro atoms. The molecule has 27 heavy (non-hydrogen) atoms. The van der Waals surface area contributed by atoms with Crippen molar-refractivity contribution in [1.82, 2.24) is 0 Å². The minimum Gasteiger partial charge on any atom is -0.368 e. The van der Waals surface area contributed by atoms with Gasteiger partial charge in [0.2, 0.25) is 0 Å². The molecule has 4 heteroatoms. The van der Waals surface area contributed by atoms with E-state index in [1.54, 1.807) is 0 Å². The number of aliphatic hydroxyl groups is 1. The summed E-state index contributed by atoms with van der Waals surface area (Å²) < 4.78 is 18.2. The van der Waals surface area contributed by atoms with E-state index in [-0.39, 0.29) is 23.9 Å². The molecule has 1 saturated carbocycles. The topological polar surface area (TPSA) is 47.9 Å². The Morgan fingerprint density at radius 3 is 2.78 bits per heavy atom. The van der Waals surface area contributed by atoms with Gasteiger partial charge in [-0.1, -0.05) is 52.7 Å². The maximum atomic E-state index is 9.99. The minimum absolute atomic E-state index is 0.0351. The average Bonchev–Trinajstić information content (AvgIpc) is 3.12. The quantitative estimate of drug-likeness (QED) is 0.599. The number of ether oxygens (including phenoxy) is 3. The predicted molar refractivity (Wildman–Crippen MR) is 107 cm³/mol. The van der Waals surface area contributed by atoms with Crippen LogP contribution in [-0.2, 0) is 14.2 Å². The van der Waals surface area contributed by atoms with Crippen LogP contribution in [0, 0.1) is 23.2 Å². The molecule has 0 aromatic rings. The predicted octanol–water partition coefficient (Wildman–Crippen LogP) is 5.05. The van der Waals surface area contributed by atoms with E-state index >= 15 is 0 Å². The number of aliphatic hydroxyl groups excluding tert-OH is 1. The van der Waals surface area contributed by atoms with Crippen LogP contribution < -0.4 is 0 Å². The summed E-state index contributed by atoms with van der Waals surface area (Å²) in [6.07, 6.45) is 12.9. The standard InChI is InChI=1S/C23H40O4/c1-5-6-11-23(3,4)12-10-18(27-21-9-7-8-13-25-21)22-16(2)14-19-17(22)15-20(24)26-19/h10,12,16-22,24H,5-9,11,13-15H2,1-4H3/b12-10+/t16-,17+,18+,19+,20?,21?,22+/m1/s1. The zero-order chi connectivity index (χ0) is 19.4. The molecule has 156 valence electrons. The van der Waals surface area contributed by atoms with Gasteiger partial charge in [-0.25, -0.2) is 0 Å². The largest absolute Gasteiger partial charge is 0.368 e. The molecule has 2 unspecified atom stereocenters. The molecular formula is C23H40O4. The molecule has 3 rings (SSSR count). The van der Waals surface area contributed by atoms with Crippen LogP contribution >= 0.6 is 0 Å². The lowest BCUT2D eigenvalue weighted by atomic mass is 9.81. The summed E-state index contributed by atoms with van der Waals surface area (Å²) >= 11 is 0. The highest BCUT2D eigenvalue weighted by atomic mass is 16.7. The second kappa shape index (κ2) is 9.39. The van der Waals surface area contributed by atoms with Crippen LogP contribution in [0.1, 0.15) is 79.1 Å². The van der Waals surface area contributed by atoms with Crippen molar-refractivity contribution in [2.24, 2.45) is 23.2 Å². The van der Waals surface area contributed by atoms with Crippen LogP contribution in [0.5, 0.6) is 0 Å². The van der Waals surface area contributed by atoms with Crippen molar-refractivity contribution in [3.05, 3.63) is 12.2 Å². The number of hydrogen-bond donors (Lipinski definition) is 1. The van der Waals surface area contributed by atoms with Gasteiger partial charge in [0.05, 0.1) is 12.2 Å². The van der Waals surface area contributed by atoms with Crippen LogP contribution in [0.4, 0.5) is 0 Å². The molecule has 2 saturated heterocycles. The summed E-state index contributed by atoms with van der Waals surface area (Å²) in [4.78, 5) is 0. The smallest absolute Gasteiger partial charge is 0.158 e. The highest BCUT2D eigenvalue weighted by molar-refractivity contribution is 5.06. The summed E-state index contributed by atoms with van der Waals surface area (Å²) in [5, 5.41) is 9.99. The van der Waals surface area contributed by atoms with Gasteiger partial charge < -0.3 is 19.3 Å². The molecule has 2 aliphatic heterocycles. The highest BCUT2D eigenvalue weighted by Gasteiger charge is 2.50. The van der Waals surface area contributed by atoms with E-state index in [9.17, 15) is 5.11 Å². The third-order valence-corrected chi connectivity index (χ3v) is 6.78. The van der Waals surface area contributed by atoms with Crippen LogP contribution in [0.15, 0.2) is 12.2 Å². The number of allylic oxidation sites excluding steroid dienone is 1. The minimum atomic E-state index is -0.605. The molecule has 0 amide bonds. The Hall–Kier alpha value is -0.420. The molecular weight excluding hydrogens is 340 g/mol. The molecule has 4 nitrogen and oxygen atoms in total. The Morgan fingerprint density at radius 2 is 2.07 bits per heavy atom. The first kappa shape index (κ1) is 21.3. The first-order valence-corrected chi connectivity index (χ1v) is 11.2. The van der Waals surface area contributed by atoms with Gasteiger partial charge in [0.25, 0.3) is 0 Å². The van der Waals surface area contributed by atoms with Crippen molar-refractivity contribution in [3.63, 3.8) is 0 Å². The Kier molecular flexibility index (Phi) is 7.40. The fraction of sp³-hybridized carbons (Fsp3) is 0.913. The van der Waals surface area contributed by atoms with E-state index in [2.05, 4.69) is 39.8 Å². The zero-order valence-electron chi connectivity index (χ0n) is 17.7. The molecule has 3 aliphatic rings. The van der Waals surface area contributed by atoms with Gasteiger partial charge >= 0.3 is 0 Å². The van der Waals surface area contributed by atoms with Crippen molar-refractivity contribution in [3.8, 4) is 0 Å².